The smallest absolute Gasteiger partial charge is 0.253 e. The molecule has 4 N–H and O–H groups in total. The summed E-state index contributed by atoms with van der Waals surface area (Å²) in [6, 6.07) is 6.62. The van der Waals surface area contributed by atoms with Crippen LogP contribution in [0.1, 0.15) is 24.2 Å². The van der Waals surface area contributed by atoms with Crippen LogP contribution in [0.25, 0.3) is 0 Å². The molecule has 2 fully saturated rings. The van der Waals surface area contributed by atoms with E-state index >= 15 is 0 Å². The van der Waals surface area contributed by atoms with Crippen LogP contribution in [0.3, 0.4) is 0 Å². The number of rotatable bonds is 5. The number of benzene rings is 1. The lowest BCUT2D eigenvalue weighted by atomic mass is 9.97. The number of hydrogen-bond acceptors (Lipinski definition) is 6. The number of sulfonamides is 1. The average Bonchev–Trinajstić information content (AvgIpc) is 2.98. The van der Waals surface area contributed by atoms with E-state index in [1.807, 2.05) is 13.8 Å². The number of hydrazine groups is 1. The van der Waals surface area contributed by atoms with Gasteiger partial charge in [-0.3, -0.25) is 15.6 Å². The summed E-state index contributed by atoms with van der Waals surface area (Å²) < 4.78 is 28.0. The van der Waals surface area contributed by atoms with Gasteiger partial charge >= 0.3 is 0 Å². The Bertz CT molecular complexity index is 739. The van der Waals surface area contributed by atoms with Crippen LogP contribution in [0.15, 0.2) is 29.2 Å². The summed E-state index contributed by atoms with van der Waals surface area (Å²) in [4.78, 5) is 14.5. The van der Waals surface area contributed by atoms with Gasteiger partial charge in [0.15, 0.2) is 0 Å². The second-order valence-electron chi connectivity index (χ2n) is 6.95. The van der Waals surface area contributed by atoms with Gasteiger partial charge in [-0.15, -0.1) is 0 Å². The molecule has 1 amide bonds. The van der Waals surface area contributed by atoms with Crippen LogP contribution in [0.5, 0.6) is 0 Å². The van der Waals surface area contributed by atoms with E-state index in [2.05, 4.69) is 20.9 Å². The fourth-order valence-corrected chi connectivity index (χ4v) is 4.52. The van der Waals surface area contributed by atoms with Crippen LogP contribution >= 0.6 is 0 Å². The zero-order valence-electron chi connectivity index (χ0n) is 15.2. The number of nitrogens with one attached hydrogen (secondary N) is 4. The predicted molar refractivity (Wildman–Crippen MR) is 99.1 cm³/mol. The highest BCUT2D eigenvalue weighted by atomic mass is 32.2. The summed E-state index contributed by atoms with van der Waals surface area (Å²) in [6.45, 7) is 7.14. The second kappa shape index (κ2) is 8.01. The molecule has 2 unspecified atom stereocenters. The molecule has 2 saturated heterocycles. The van der Waals surface area contributed by atoms with E-state index in [1.54, 1.807) is 17.0 Å². The fourth-order valence-electron chi connectivity index (χ4n) is 3.40. The zero-order chi connectivity index (χ0) is 18.7. The van der Waals surface area contributed by atoms with Gasteiger partial charge in [0, 0.05) is 56.3 Å². The first-order chi connectivity index (χ1) is 12.4. The maximum atomic E-state index is 12.7. The van der Waals surface area contributed by atoms with Crippen molar-refractivity contribution in [3.63, 3.8) is 0 Å². The van der Waals surface area contributed by atoms with E-state index in [4.69, 9.17) is 0 Å². The topological polar surface area (TPSA) is 103 Å². The van der Waals surface area contributed by atoms with Gasteiger partial charge in [0.1, 0.15) is 0 Å². The summed E-state index contributed by atoms with van der Waals surface area (Å²) in [7, 11) is -3.67. The summed E-state index contributed by atoms with van der Waals surface area (Å²) in [5, 5.41) is 3.20. The maximum Gasteiger partial charge on any atom is 0.253 e. The van der Waals surface area contributed by atoms with E-state index < -0.39 is 10.0 Å². The van der Waals surface area contributed by atoms with Crippen LogP contribution in [0.4, 0.5) is 0 Å². The molecule has 8 nitrogen and oxygen atoms in total. The van der Waals surface area contributed by atoms with Crippen molar-refractivity contribution in [2.24, 2.45) is 5.92 Å². The standard InChI is InChI=1S/C17H27N5O3S/c1-12-16(13(2)21-20-12)11-19-26(24,25)15-5-3-4-14(10-15)17(23)22-8-6-18-7-9-22/h3-5,10,12-13,16,18-21H,6-9,11H2,1-2H3. The summed E-state index contributed by atoms with van der Waals surface area (Å²) >= 11 is 0. The second-order valence-corrected chi connectivity index (χ2v) is 8.72. The number of piperazine rings is 1. The van der Waals surface area contributed by atoms with Crippen molar-refractivity contribution in [1.29, 1.82) is 0 Å². The molecule has 1 aromatic carbocycles. The van der Waals surface area contributed by atoms with E-state index in [0.717, 1.165) is 13.1 Å². The number of amides is 1. The minimum Gasteiger partial charge on any atom is -0.336 e. The minimum atomic E-state index is -3.67. The van der Waals surface area contributed by atoms with Crippen molar-refractivity contribution in [3.8, 4) is 0 Å². The molecule has 9 heteroatoms. The van der Waals surface area contributed by atoms with Crippen LogP contribution < -0.4 is 20.9 Å². The molecule has 26 heavy (non-hydrogen) atoms. The Balaban J connectivity index is 1.70. The van der Waals surface area contributed by atoms with Crippen molar-refractivity contribution in [3.05, 3.63) is 29.8 Å². The largest absolute Gasteiger partial charge is 0.336 e. The van der Waals surface area contributed by atoms with Gasteiger partial charge in [-0.1, -0.05) is 6.07 Å². The van der Waals surface area contributed by atoms with Crippen LogP contribution in [0.2, 0.25) is 0 Å². The molecule has 0 aliphatic carbocycles. The average molecular weight is 382 g/mol. The first-order valence-electron chi connectivity index (χ1n) is 8.99. The molecule has 0 bridgehead atoms. The van der Waals surface area contributed by atoms with Gasteiger partial charge in [-0.05, 0) is 32.0 Å². The summed E-state index contributed by atoms with van der Waals surface area (Å²) in [5.74, 6) is 0.0189. The number of nitrogens with zero attached hydrogens (tertiary/aromatic N) is 1. The van der Waals surface area contributed by atoms with Crippen molar-refractivity contribution in [2.75, 3.05) is 32.7 Å². The number of carbonyl (C=O) groups is 1. The first kappa shape index (κ1) is 19.2. The fraction of sp³-hybridized carbons (Fsp3) is 0.588. The molecule has 0 spiro atoms. The van der Waals surface area contributed by atoms with E-state index in [0.29, 0.717) is 25.2 Å². The Morgan fingerprint density at radius 2 is 1.85 bits per heavy atom. The molecule has 0 aromatic heterocycles. The van der Waals surface area contributed by atoms with E-state index in [-0.39, 0.29) is 28.8 Å². The Hall–Kier alpha value is -1.52. The number of carbonyl (C=O) groups excluding carboxylic acids is 1. The summed E-state index contributed by atoms with van der Waals surface area (Å²) in [6.07, 6.45) is 0. The summed E-state index contributed by atoms with van der Waals surface area (Å²) in [5.41, 5.74) is 6.63. The Morgan fingerprint density at radius 1 is 1.19 bits per heavy atom. The van der Waals surface area contributed by atoms with Gasteiger partial charge in [0.05, 0.1) is 4.90 Å². The Kier molecular flexibility index (Phi) is 5.93. The van der Waals surface area contributed by atoms with Gasteiger partial charge in [-0.2, -0.15) is 0 Å². The lowest BCUT2D eigenvalue weighted by Gasteiger charge is -2.27. The molecule has 2 atom stereocenters. The first-order valence-corrected chi connectivity index (χ1v) is 10.5. The lowest BCUT2D eigenvalue weighted by Crippen LogP contribution is -2.46. The third-order valence-corrected chi connectivity index (χ3v) is 6.55. The highest BCUT2D eigenvalue weighted by molar-refractivity contribution is 7.89. The molecule has 2 aliphatic rings. The molecule has 3 rings (SSSR count). The van der Waals surface area contributed by atoms with Gasteiger partial charge in [-0.25, -0.2) is 13.1 Å². The third-order valence-electron chi connectivity index (χ3n) is 5.13. The van der Waals surface area contributed by atoms with Crippen molar-refractivity contribution >= 4 is 15.9 Å². The quantitative estimate of drug-likeness (QED) is 0.549. The molecular formula is C17H27N5O3S. The van der Waals surface area contributed by atoms with Gasteiger partial charge in [0.25, 0.3) is 5.91 Å². The SMILES string of the molecule is CC1NNC(C)C1CNS(=O)(=O)c1cccc(C(=O)N2CCNCC2)c1. The molecule has 144 valence electrons. The molecule has 1 aromatic rings. The van der Waals surface area contributed by atoms with Crippen molar-refractivity contribution < 1.29 is 13.2 Å². The molecule has 0 saturated carbocycles. The molecule has 2 heterocycles. The van der Waals surface area contributed by atoms with Crippen LogP contribution in [-0.4, -0.2) is 64.0 Å². The molecule has 2 aliphatic heterocycles. The van der Waals surface area contributed by atoms with E-state index in [1.165, 1.54) is 12.1 Å². The highest BCUT2D eigenvalue weighted by Crippen LogP contribution is 2.17. The number of hydrogen-bond donors (Lipinski definition) is 4. The lowest BCUT2D eigenvalue weighted by molar-refractivity contribution is 0.0735. The Morgan fingerprint density at radius 3 is 2.50 bits per heavy atom. The maximum absolute atomic E-state index is 12.7. The highest BCUT2D eigenvalue weighted by Gasteiger charge is 2.31. The van der Waals surface area contributed by atoms with Crippen LogP contribution in [-0.2, 0) is 10.0 Å². The monoisotopic (exact) mass is 381 g/mol. The molecular weight excluding hydrogens is 354 g/mol. The van der Waals surface area contributed by atoms with Crippen LogP contribution in [0, 0.1) is 5.92 Å². The zero-order valence-corrected chi connectivity index (χ0v) is 16.0. The van der Waals surface area contributed by atoms with Gasteiger partial charge < -0.3 is 10.2 Å². The van der Waals surface area contributed by atoms with Crippen molar-refractivity contribution in [1.82, 2.24) is 25.8 Å². The Labute approximate surface area is 154 Å². The van der Waals surface area contributed by atoms with E-state index in [9.17, 15) is 13.2 Å². The molecule has 0 radical (unpaired) electrons. The van der Waals surface area contributed by atoms with Gasteiger partial charge in [0.2, 0.25) is 10.0 Å². The minimum absolute atomic E-state index is 0.123. The third kappa shape index (κ3) is 4.24. The normalized spacial score (nSPS) is 26.8. The predicted octanol–water partition coefficient (Wildman–Crippen LogP) is -0.489. The van der Waals surface area contributed by atoms with Crippen molar-refractivity contribution in [2.45, 2.75) is 30.8 Å².